The fourth-order valence-corrected chi connectivity index (χ4v) is 10.3. The van der Waals surface area contributed by atoms with Gasteiger partial charge in [0, 0.05) is 19.3 Å². The van der Waals surface area contributed by atoms with Crippen LogP contribution in [0.1, 0.15) is 329 Å². The number of allylic oxidation sites excluding steroid dienone is 6. The number of carbonyl (C=O) groups excluding carboxylic acids is 3. The van der Waals surface area contributed by atoms with E-state index >= 15 is 0 Å². The monoisotopic (exact) mass is 1120 g/mol. The van der Waals surface area contributed by atoms with Gasteiger partial charge in [0.15, 0.2) is 6.10 Å². The number of unbranched alkanes of at least 4 members (excludes halogenated alkanes) is 39. The fourth-order valence-electron chi connectivity index (χ4n) is 9.54. The summed E-state index contributed by atoms with van der Waals surface area (Å²) in [6, 6.07) is 0. The highest BCUT2D eigenvalue weighted by Crippen LogP contribution is 2.43. The maximum atomic E-state index is 13.0. The summed E-state index contributed by atoms with van der Waals surface area (Å²) < 4.78 is 39.7. The standard InChI is InChI=1S/C66H123O11P/c1-4-7-10-13-16-19-22-25-28-30-31-33-36-39-42-45-48-51-54-57-66(70)77-63(59-73-64(68)55-52-49-46-43-40-37-35-32-29-26-23-20-17-14-11-8-5-2)61-75-78(71,72)74-60-62(58-67)76-65(69)56-53-50-47-44-41-38-34-27-24-21-18-15-12-9-6-3/h16,19,25,28,31,33,62-63,67H,4-15,17-18,20-24,26-27,29-30,32,34-61H2,1-3H3,(H,71,72)/b19-16-,28-25-,33-31-. The molecule has 0 rings (SSSR count). The Balaban J connectivity index is 4.68. The minimum atomic E-state index is -4.75. The number of aliphatic hydroxyl groups is 1. The number of hydrogen-bond acceptors (Lipinski definition) is 10. The molecule has 0 amide bonds. The molecule has 0 aromatic carbocycles. The van der Waals surface area contributed by atoms with Crippen LogP contribution in [0.15, 0.2) is 36.5 Å². The van der Waals surface area contributed by atoms with Crippen molar-refractivity contribution in [3.8, 4) is 0 Å². The van der Waals surface area contributed by atoms with E-state index in [-0.39, 0.29) is 25.9 Å². The molecule has 0 aromatic rings. The molecule has 0 aromatic heterocycles. The summed E-state index contributed by atoms with van der Waals surface area (Å²) in [5, 5.41) is 9.85. The number of phosphoric ester groups is 1. The van der Waals surface area contributed by atoms with Crippen molar-refractivity contribution in [3.63, 3.8) is 0 Å². The van der Waals surface area contributed by atoms with E-state index in [1.54, 1.807) is 0 Å². The second kappa shape index (κ2) is 60.8. The topological polar surface area (TPSA) is 155 Å². The zero-order valence-corrected chi connectivity index (χ0v) is 51.8. The van der Waals surface area contributed by atoms with Crippen molar-refractivity contribution in [1.29, 1.82) is 0 Å². The lowest BCUT2D eigenvalue weighted by atomic mass is 10.0. The average molecular weight is 1120 g/mol. The van der Waals surface area contributed by atoms with E-state index in [1.807, 2.05) is 0 Å². The summed E-state index contributed by atoms with van der Waals surface area (Å²) >= 11 is 0. The number of aliphatic hydroxyl groups excluding tert-OH is 1. The summed E-state index contributed by atoms with van der Waals surface area (Å²) in [5.41, 5.74) is 0. The molecule has 0 radical (unpaired) electrons. The van der Waals surface area contributed by atoms with Gasteiger partial charge in [-0.15, -0.1) is 0 Å². The smallest absolute Gasteiger partial charge is 0.462 e. The predicted molar refractivity (Wildman–Crippen MR) is 326 cm³/mol. The molecule has 3 atom stereocenters. The van der Waals surface area contributed by atoms with Gasteiger partial charge in [0.1, 0.15) is 12.7 Å². The third kappa shape index (κ3) is 58.4. The van der Waals surface area contributed by atoms with E-state index in [4.69, 9.17) is 23.3 Å². The Morgan fingerprint density at radius 3 is 0.987 bits per heavy atom. The van der Waals surface area contributed by atoms with Gasteiger partial charge in [-0.25, -0.2) is 4.57 Å². The molecule has 458 valence electrons. The Labute approximate surface area is 480 Å². The van der Waals surface area contributed by atoms with Gasteiger partial charge in [-0.05, 0) is 57.8 Å². The Morgan fingerprint density at radius 1 is 0.359 bits per heavy atom. The largest absolute Gasteiger partial charge is 0.472 e. The summed E-state index contributed by atoms with van der Waals surface area (Å²) in [6.45, 7) is 4.68. The molecular weight excluding hydrogens is 1000 g/mol. The highest BCUT2D eigenvalue weighted by atomic mass is 31.2. The first-order valence-electron chi connectivity index (χ1n) is 32.9. The highest BCUT2D eigenvalue weighted by molar-refractivity contribution is 7.47. The Morgan fingerprint density at radius 2 is 0.628 bits per heavy atom. The van der Waals surface area contributed by atoms with Crippen molar-refractivity contribution < 1.29 is 52.2 Å². The van der Waals surface area contributed by atoms with E-state index < -0.39 is 57.8 Å². The molecule has 0 bridgehead atoms. The molecule has 2 N–H and O–H groups in total. The molecular formula is C66H123O11P. The zero-order valence-electron chi connectivity index (χ0n) is 50.9. The van der Waals surface area contributed by atoms with E-state index in [1.165, 1.54) is 180 Å². The highest BCUT2D eigenvalue weighted by Gasteiger charge is 2.28. The van der Waals surface area contributed by atoms with Crippen molar-refractivity contribution in [2.24, 2.45) is 0 Å². The van der Waals surface area contributed by atoms with Gasteiger partial charge in [0.25, 0.3) is 0 Å². The van der Waals surface area contributed by atoms with Crippen LogP contribution in [0.4, 0.5) is 0 Å². The van der Waals surface area contributed by atoms with E-state index in [2.05, 4.69) is 57.2 Å². The maximum absolute atomic E-state index is 13.0. The van der Waals surface area contributed by atoms with Gasteiger partial charge in [0.2, 0.25) is 0 Å². The molecule has 0 saturated carbocycles. The van der Waals surface area contributed by atoms with E-state index in [9.17, 15) is 28.9 Å². The minimum absolute atomic E-state index is 0.158. The van der Waals surface area contributed by atoms with Crippen molar-refractivity contribution in [2.75, 3.05) is 26.4 Å². The van der Waals surface area contributed by atoms with Crippen LogP contribution < -0.4 is 0 Å². The third-order valence-corrected chi connectivity index (χ3v) is 15.5. The van der Waals surface area contributed by atoms with Crippen molar-refractivity contribution in [3.05, 3.63) is 36.5 Å². The predicted octanol–water partition coefficient (Wildman–Crippen LogP) is 19.9. The Bertz CT molecular complexity index is 1450. The van der Waals surface area contributed by atoms with Crippen molar-refractivity contribution in [2.45, 2.75) is 341 Å². The van der Waals surface area contributed by atoms with Crippen LogP contribution in [0.2, 0.25) is 0 Å². The first-order chi connectivity index (χ1) is 38.2. The molecule has 0 saturated heterocycles. The average Bonchev–Trinajstić information content (AvgIpc) is 3.43. The molecule has 11 nitrogen and oxygen atoms in total. The molecule has 0 aliphatic heterocycles. The second-order valence-corrected chi connectivity index (χ2v) is 23.8. The number of carbonyl (C=O) groups is 3. The lowest BCUT2D eigenvalue weighted by Gasteiger charge is -2.21. The van der Waals surface area contributed by atoms with Crippen LogP contribution in [0, 0.1) is 0 Å². The fraction of sp³-hybridized carbons (Fsp3) is 0.864. The number of phosphoric acid groups is 1. The summed E-state index contributed by atoms with van der Waals surface area (Å²) in [7, 11) is -4.75. The first kappa shape index (κ1) is 75.7. The summed E-state index contributed by atoms with van der Waals surface area (Å²) in [6.07, 6.45) is 65.2. The SMILES string of the molecule is CCCCC/C=C\C/C=C\C/C=C\CCCCCCCCC(=O)OC(COC(=O)CCCCCCCCCCCCCCCCCCC)COP(=O)(O)OCC(CO)OC(=O)CCCCCCCCCCCCCCCCC. The Hall–Kier alpha value is -2.30. The van der Waals surface area contributed by atoms with Gasteiger partial charge in [-0.3, -0.25) is 23.4 Å². The van der Waals surface area contributed by atoms with Gasteiger partial charge in [-0.1, -0.05) is 288 Å². The van der Waals surface area contributed by atoms with Crippen LogP contribution in [0.25, 0.3) is 0 Å². The Kier molecular flexibility index (Phi) is 59.0. The summed E-state index contributed by atoms with van der Waals surface area (Å²) in [5.74, 6) is -1.45. The zero-order chi connectivity index (χ0) is 56.9. The minimum Gasteiger partial charge on any atom is -0.462 e. The first-order valence-corrected chi connectivity index (χ1v) is 34.4. The van der Waals surface area contributed by atoms with Crippen molar-refractivity contribution in [1.82, 2.24) is 0 Å². The normalized spacial score (nSPS) is 13.4. The lowest BCUT2D eigenvalue weighted by Crippen LogP contribution is -2.30. The van der Waals surface area contributed by atoms with Gasteiger partial charge >= 0.3 is 25.7 Å². The van der Waals surface area contributed by atoms with Crippen molar-refractivity contribution >= 4 is 25.7 Å². The lowest BCUT2D eigenvalue weighted by molar-refractivity contribution is -0.161. The van der Waals surface area contributed by atoms with Crippen LogP contribution in [-0.4, -0.2) is 66.5 Å². The number of rotatable bonds is 62. The van der Waals surface area contributed by atoms with E-state index in [0.717, 1.165) is 89.9 Å². The molecule has 0 fully saturated rings. The molecule has 3 unspecified atom stereocenters. The molecule has 0 heterocycles. The molecule has 0 aliphatic rings. The molecule has 0 spiro atoms. The number of hydrogen-bond donors (Lipinski definition) is 2. The molecule has 78 heavy (non-hydrogen) atoms. The van der Waals surface area contributed by atoms with Crippen LogP contribution in [0.3, 0.4) is 0 Å². The van der Waals surface area contributed by atoms with Gasteiger partial charge in [0.05, 0.1) is 19.8 Å². The van der Waals surface area contributed by atoms with Crippen LogP contribution in [-0.2, 0) is 42.2 Å². The summed E-state index contributed by atoms with van der Waals surface area (Å²) in [4.78, 5) is 48.8. The van der Waals surface area contributed by atoms with Crippen LogP contribution in [0.5, 0.6) is 0 Å². The number of esters is 3. The number of ether oxygens (including phenoxy) is 3. The third-order valence-electron chi connectivity index (χ3n) is 14.6. The van der Waals surface area contributed by atoms with Gasteiger partial charge < -0.3 is 24.2 Å². The van der Waals surface area contributed by atoms with E-state index in [0.29, 0.717) is 19.3 Å². The quantitative estimate of drug-likeness (QED) is 0.0197. The van der Waals surface area contributed by atoms with Crippen LogP contribution >= 0.6 is 7.82 Å². The molecule has 0 aliphatic carbocycles. The second-order valence-electron chi connectivity index (χ2n) is 22.3. The molecule has 12 heteroatoms. The van der Waals surface area contributed by atoms with Gasteiger partial charge in [-0.2, -0.15) is 0 Å². The maximum Gasteiger partial charge on any atom is 0.472 e.